The topological polar surface area (TPSA) is 62.2 Å². The third kappa shape index (κ3) is 4.94. The van der Waals surface area contributed by atoms with Crippen LogP contribution in [0, 0.1) is 0 Å². The minimum Gasteiger partial charge on any atom is -0.349 e. The van der Waals surface area contributed by atoms with Crippen LogP contribution in [-0.2, 0) is 12.5 Å². The van der Waals surface area contributed by atoms with Crippen molar-refractivity contribution in [1.29, 1.82) is 0 Å². The Hall–Kier alpha value is -1.61. The molecule has 0 radical (unpaired) electrons. The maximum Gasteiger partial charge on any atom is 0.405 e. The van der Waals surface area contributed by atoms with E-state index in [1.807, 2.05) is 20.8 Å². The Morgan fingerprint density at radius 2 is 1.92 bits per heavy atom. The number of rotatable bonds is 4. The van der Waals surface area contributed by atoms with Gasteiger partial charge in [-0.3, -0.25) is 14.4 Å². The van der Waals surface area contributed by atoms with E-state index in [2.05, 4.69) is 15.7 Å². The highest BCUT2D eigenvalue weighted by Crippen LogP contribution is 2.25. The van der Waals surface area contributed by atoms with E-state index < -0.39 is 24.7 Å². The Morgan fingerprint density at radius 1 is 1.32 bits per heavy atom. The zero-order valence-electron chi connectivity index (χ0n) is 15.1. The van der Waals surface area contributed by atoms with Gasteiger partial charge >= 0.3 is 6.18 Å². The third-order valence-corrected chi connectivity index (χ3v) is 4.31. The van der Waals surface area contributed by atoms with Crippen molar-refractivity contribution in [1.82, 2.24) is 25.3 Å². The highest BCUT2D eigenvalue weighted by Gasteiger charge is 2.44. The van der Waals surface area contributed by atoms with Crippen molar-refractivity contribution < 1.29 is 18.0 Å². The van der Waals surface area contributed by atoms with Gasteiger partial charge in [0.2, 0.25) is 0 Å². The molecule has 6 nitrogen and oxygen atoms in total. The molecule has 1 atom stereocenters. The average Bonchev–Trinajstić information content (AvgIpc) is 2.89. The Balaban J connectivity index is 2.07. The lowest BCUT2D eigenvalue weighted by Gasteiger charge is -2.35. The smallest absolute Gasteiger partial charge is 0.349 e. The molecular formula is C16H26F3N5O. The van der Waals surface area contributed by atoms with Gasteiger partial charge in [0, 0.05) is 45.2 Å². The lowest BCUT2D eigenvalue weighted by Crippen LogP contribution is -2.57. The number of aromatic nitrogens is 2. The molecule has 25 heavy (non-hydrogen) atoms. The van der Waals surface area contributed by atoms with E-state index in [1.165, 1.54) is 9.58 Å². The van der Waals surface area contributed by atoms with E-state index >= 15 is 0 Å². The van der Waals surface area contributed by atoms with E-state index in [1.54, 1.807) is 13.1 Å². The molecule has 0 spiro atoms. The normalized spacial score (nSPS) is 18.2. The lowest BCUT2D eigenvalue weighted by atomic mass is 9.92. The van der Waals surface area contributed by atoms with Gasteiger partial charge in [-0.15, -0.1) is 0 Å². The summed E-state index contributed by atoms with van der Waals surface area (Å²) in [5.74, 6) is -0.546. The number of nitrogens with zero attached hydrogens (tertiary/aromatic N) is 3. The van der Waals surface area contributed by atoms with Gasteiger partial charge in [0.1, 0.15) is 11.7 Å². The van der Waals surface area contributed by atoms with Gasteiger partial charge in [0.15, 0.2) is 0 Å². The molecule has 0 aromatic carbocycles. The van der Waals surface area contributed by atoms with Crippen molar-refractivity contribution in [2.45, 2.75) is 38.4 Å². The van der Waals surface area contributed by atoms with E-state index in [9.17, 15) is 18.0 Å². The number of hydrogen-bond donors (Lipinski definition) is 2. The molecule has 1 saturated heterocycles. The van der Waals surface area contributed by atoms with Crippen LogP contribution in [0.4, 0.5) is 13.2 Å². The van der Waals surface area contributed by atoms with Crippen LogP contribution in [0.5, 0.6) is 0 Å². The highest BCUT2D eigenvalue weighted by molar-refractivity contribution is 5.92. The number of piperazine rings is 1. The standard InChI is InChI=1S/C16H26F3N5O/c1-15(2,3)12-9-11(23(4)22-12)14(25)21-10-13(16(17,18)19)24-7-5-20-6-8-24/h9,13,20H,5-8,10H2,1-4H3,(H,21,25). The molecule has 0 aliphatic carbocycles. The number of aryl methyl sites for hydroxylation is 1. The molecule has 2 heterocycles. The van der Waals surface area contributed by atoms with Gasteiger partial charge in [-0.2, -0.15) is 18.3 Å². The van der Waals surface area contributed by atoms with Crippen LogP contribution in [0.3, 0.4) is 0 Å². The molecule has 142 valence electrons. The third-order valence-electron chi connectivity index (χ3n) is 4.31. The molecule has 9 heteroatoms. The van der Waals surface area contributed by atoms with Crippen LogP contribution in [-0.4, -0.2) is 65.5 Å². The minimum absolute atomic E-state index is 0.244. The van der Waals surface area contributed by atoms with E-state index in [0.29, 0.717) is 26.2 Å². The summed E-state index contributed by atoms with van der Waals surface area (Å²) in [6.07, 6.45) is -4.40. The molecular weight excluding hydrogens is 335 g/mol. The van der Waals surface area contributed by atoms with Crippen molar-refractivity contribution >= 4 is 5.91 Å². The first-order valence-corrected chi connectivity index (χ1v) is 8.34. The van der Waals surface area contributed by atoms with Gasteiger partial charge in [-0.05, 0) is 6.07 Å². The van der Waals surface area contributed by atoms with Crippen LogP contribution in [0.15, 0.2) is 6.07 Å². The predicted octanol–water partition coefficient (Wildman–Crippen LogP) is 1.28. The summed E-state index contributed by atoms with van der Waals surface area (Å²) in [6, 6.07) is -0.0585. The summed E-state index contributed by atoms with van der Waals surface area (Å²) < 4.78 is 41.5. The molecule has 1 aliphatic heterocycles. The monoisotopic (exact) mass is 361 g/mol. The van der Waals surface area contributed by atoms with Gasteiger partial charge < -0.3 is 10.6 Å². The molecule has 1 aromatic rings. The SMILES string of the molecule is Cn1nc(C(C)(C)C)cc1C(=O)NCC(N1CCNCC1)C(F)(F)F. The van der Waals surface area contributed by atoms with Crippen LogP contribution in [0.25, 0.3) is 0 Å². The summed E-state index contributed by atoms with van der Waals surface area (Å²) in [6.45, 7) is 7.04. The van der Waals surface area contributed by atoms with Crippen molar-refractivity contribution in [2.24, 2.45) is 7.05 Å². The van der Waals surface area contributed by atoms with Gasteiger partial charge in [-0.1, -0.05) is 20.8 Å². The van der Waals surface area contributed by atoms with Gasteiger partial charge in [0.05, 0.1) is 5.69 Å². The molecule has 2 rings (SSSR count). The number of halogens is 3. The second-order valence-corrected chi connectivity index (χ2v) is 7.34. The summed E-state index contributed by atoms with van der Waals surface area (Å²) in [5.41, 5.74) is 0.729. The fourth-order valence-corrected chi connectivity index (χ4v) is 2.77. The number of amides is 1. The van der Waals surface area contributed by atoms with E-state index in [0.717, 1.165) is 5.69 Å². The predicted molar refractivity (Wildman–Crippen MR) is 88.5 cm³/mol. The maximum atomic E-state index is 13.4. The molecule has 2 N–H and O–H groups in total. The molecule has 1 aliphatic rings. The van der Waals surface area contributed by atoms with E-state index in [-0.39, 0.29) is 11.1 Å². The Kier molecular flexibility index (Phi) is 5.78. The van der Waals surface area contributed by atoms with Gasteiger partial charge in [0.25, 0.3) is 5.91 Å². The van der Waals surface area contributed by atoms with Crippen LogP contribution in [0.2, 0.25) is 0 Å². The lowest BCUT2D eigenvalue weighted by molar-refractivity contribution is -0.183. The number of hydrogen-bond acceptors (Lipinski definition) is 4. The quantitative estimate of drug-likeness (QED) is 0.848. The Morgan fingerprint density at radius 3 is 2.40 bits per heavy atom. The van der Waals surface area contributed by atoms with Crippen molar-refractivity contribution in [3.05, 3.63) is 17.5 Å². The average molecular weight is 361 g/mol. The second kappa shape index (κ2) is 7.33. The molecule has 1 unspecified atom stereocenters. The summed E-state index contributed by atoms with van der Waals surface area (Å²) >= 11 is 0. The molecule has 0 saturated carbocycles. The Bertz CT molecular complexity index is 600. The first kappa shape index (κ1) is 19.7. The zero-order chi connectivity index (χ0) is 18.8. The molecule has 1 fully saturated rings. The van der Waals surface area contributed by atoms with Crippen molar-refractivity contribution in [3.8, 4) is 0 Å². The summed E-state index contributed by atoms with van der Waals surface area (Å²) in [4.78, 5) is 13.7. The number of alkyl halides is 3. The molecule has 1 amide bonds. The Labute approximate surface area is 145 Å². The first-order chi connectivity index (χ1) is 11.5. The van der Waals surface area contributed by atoms with Crippen LogP contribution < -0.4 is 10.6 Å². The van der Waals surface area contributed by atoms with Gasteiger partial charge in [-0.25, -0.2) is 0 Å². The zero-order valence-corrected chi connectivity index (χ0v) is 15.1. The largest absolute Gasteiger partial charge is 0.405 e. The fraction of sp³-hybridized carbons (Fsp3) is 0.750. The summed E-state index contributed by atoms with van der Waals surface area (Å²) in [7, 11) is 1.61. The molecule has 0 bridgehead atoms. The van der Waals surface area contributed by atoms with E-state index in [4.69, 9.17) is 0 Å². The fourth-order valence-electron chi connectivity index (χ4n) is 2.77. The van der Waals surface area contributed by atoms with Crippen LogP contribution in [0.1, 0.15) is 37.0 Å². The number of carbonyl (C=O) groups excluding carboxylic acids is 1. The second-order valence-electron chi connectivity index (χ2n) is 7.34. The first-order valence-electron chi connectivity index (χ1n) is 8.34. The number of carbonyl (C=O) groups is 1. The minimum atomic E-state index is -4.40. The molecule has 1 aromatic heterocycles. The van der Waals surface area contributed by atoms with Crippen LogP contribution >= 0.6 is 0 Å². The van der Waals surface area contributed by atoms with Crippen molar-refractivity contribution in [3.63, 3.8) is 0 Å². The van der Waals surface area contributed by atoms with Crippen molar-refractivity contribution in [2.75, 3.05) is 32.7 Å². The summed E-state index contributed by atoms with van der Waals surface area (Å²) in [5, 5.41) is 9.74. The number of nitrogens with one attached hydrogen (secondary N) is 2. The maximum absolute atomic E-state index is 13.4. The highest BCUT2D eigenvalue weighted by atomic mass is 19.4.